The Kier molecular flexibility index (Phi) is 9.01. The third-order valence-corrected chi connectivity index (χ3v) is 5.92. The van der Waals surface area contributed by atoms with E-state index in [0.717, 1.165) is 31.2 Å². The maximum Gasteiger partial charge on any atom is 0.322 e. The van der Waals surface area contributed by atoms with Crippen molar-refractivity contribution in [3.63, 3.8) is 0 Å². The average molecular weight is 436 g/mol. The molecule has 1 aliphatic rings. The molecule has 1 saturated carbocycles. The van der Waals surface area contributed by atoms with E-state index in [0.29, 0.717) is 36.8 Å². The fourth-order valence-corrected chi connectivity index (χ4v) is 4.07. The monoisotopic (exact) mass is 435 g/mol. The first-order valence-electron chi connectivity index (χ1n) is 11.2. The molecule has 0 heterocycles. The molecule has 2 rings (SSSR count). The molecule has 2 atom stereocenters. The molecule has 174 valence electrons. The van der Waals surface area contributed by atoms with E-state index < -0.39 is 11.4 Å². The molecule has 0 aliphatic heterocycles. The van der Waals surface area contributed by atoms with Crippen molar-refractivity contribution >= 4 is 11.9 Å². The Morgan fingerprint density at radius 2 is 1.52 bits per heavy atom. The summed E-state index contributed by atoms with van der Waals surface area (Å²) in [5, 5.41) is 0. The summed E-state index contributed by atoms with van der Waals surface area (Å²) in [6, 6.07) is 3.64. The Morgan fingerprint density at radius 1 is 0.968 bits per heavy atom. The van der Waals surface area contributed by atoms with Gasteiger partial charge in [0, 0.05) is 19.0 Å². The van der Waals surface area contributed by atoms with Crippen molar-refractivity contribution in [3.8, 4) is 17.2 Å². The Labute approximate surface area is 186 Å². The van der Waals surface area contributed by atoms with E-state index in [4.69, 9.17) is 18.9 Å². The lowest BCUT2D eigenvalue weighted by Gasteiger charge is -2.27. The molecular weight excluding hydrogens is 398 g/mol. The molecule has 0 saturated heterocycles. The summed E-state index contributed by atoms with van der Waals surface area (Å²) in [6.07, 6.45) is 4.20. The van der Waals surface area contributed by atoms with Crippen molar-refractivity contribution in [2.45, 2.75) is 58.8 Å². The number of hydrogen-bond donors (Lipinski definition) is 0. The molecule has 31 heavy (non-hydrogen) atoms. The number of esters is 1. The Morgan fingerprint density at radius 3 is 1.94 bits per heavy atom. The van der Waals surface area contributed by atoms with Gasteiger partial charge in [0.05, 0.1) is 27.9 Å². The Hall–Kier alpha value is -2.44. The summed E-state index contributed by atoms with van der Waals surface area (Å²) >= 11 is 0. The van der Waals surface area contributed by atoms with Gasteiger partial charge < -0.3 is 23.8 Å². The van der Waals surface area contributed by atoms with Gasteiger partial charge in [0.2, 0.25) is 11.7 Å². The van der Waals surface area contributed by atoms with E-state index in [1.165, 1.54) is 0 Å². The van der Waals surface area contributed by atoms with Crippen LogP contribution in [0.3, 0.4) is 0 Å². The molecule has 0 bridgehead atoms. The van der Waals surface area contributed by atoms with Crippen LogP contribution in [0.1, 0.15) is 64.4 Å². The van der Waals surface area contributed by atoms with Crippen molar-refractivity contribution in [1.82, 2.24) is 4.90 Å². The fraction of sp³-hybridized carbons (Fsp3) is 0.667. The van der Waals surface area contributed by atoms with Crippen molar-refractivity contribution < 1.29 is 28.5 Å². The van der Waals surface area contributed by atoms with Crippen LogP contribution in [0.4, 0.5) is 0 Å². The summed E-state index contributed by atoms with van der Waals surface area (Å²) < 4.78 is 21.7. The molecule has 1 aromatic rings. The van der Waals surface area contributed by atoms with E-state index in [1.807, 2.05) is 17.0 Å². The SMILES string of the molecule is CCCCN(CCCC)C(=O)C1(C(=O)OCC)CC1c1cc(OC)c(OC)c(OC)c1. The van der Waals surface area contributed by atoms with Gasteiger partial charge in [-0.05, 0) is 43.9 Å². The highest BCUT2D eigenvalue weighted by Crippen LogP contribution is 2.62. The summed E-state index contributed by atoms with van der Waals surface area (Å²) in [5.74, 6) is 0.613. The van der Waals surface area contributed by atoms with Gasteiger partial charge in [-0.25, -0.2) is 0 Å². The van der Waals surface area contributed by atoms with Gasteiger partial charge in [0.1, 0.15) is 0 Å². The van der Waals surface area contributed by atoms with Crippen LogP contribution in [0, 0.1) is 5.41 Å². The number of ether oxygens (including phenoxy) is 4. The third kappa shape index (κ3) is 5.08. The van der Waals surface area contributed by atoms with Gasteiger partial charge in [0.25, 0.3) is 0 Å². The highest BCUT2D eigenvalue weighted by Gasteiger charge is 2.68. The second-order valence-electron chi connectivity index (χ2n) is 7.91. The molecule has 7 heteroatoms. The first-order chi connectivity index (χ1) is 14.9. The predicted octanol–water partition coefficient (Wildman–Crippen LogP) is 4.18. The van der Waals surface area contributed by atoms with Crippen LogP contribution in [-0.2, 0) is 14.3 Å². The Balaban J connectivity index is 2.45. The van der Waals surface area contributed by atoms with E-state index >= 15 is 0 Å². The molecule has 7 nitrogen and oxygen atoms in total. The van der Waals surface area contributed by atoms with Crippen molar-refractivity contribution in [1.29, 1.82) is 0 Å². The standard InChI is InChI=1S/C24H37NO6/c1-7-10-12-25(13-11-8-2)22(26)24(23(27)31-9-3)16-18(24)17-14-19(28-4)21(30-6)20(15-17)29-5/h14-15,18H,7-13,16H2,1-6H3. The molecule has 1 aliphatic carbocycles. The lowest BCUT2D eigenvalue weighted by atomic mass is 9.96. The number of hydrogen-bond acceptors (Lipinski definition) is 6. The lowest BCUT2D eigenvalue weighted by molar-refractivity contribution is -0.158. The normalized spacial score (nSPS) is 19.5. The zero-order valence-corrected chi connectivity index (χ0v) is 19.8. The number of carbonyl (C=O) groups excluding carboxylic acids is 2. The molecule has 0 N–H and O–H groups in total. The minimum absolute atomic E-state index is 0.133. The van der Waals surface area contributed by atoms with Gasteiger partial charge >= 0.3 is 5.97 Å². The van der Waals surface area contributed by atoms with Crippen molar-refractivity contribution in [2.24, 2.45) is 5.41 Å². The number of benzene rings is 1. The number of methoxy groups -OCH3 is 3. The van der Waals surface area contributed by atoms with Gasteiger partial charge in [-0.3, -0.25) is 9.59 Å². The molecule has 2 unspecified atom stereocenters. The fourth-order valence-electron chi connectivity index (χ4n) is 4.07. The number of amides is 1. The second kappa shape index (κ2) is 11.3. The maximum atomic E-state index is 13.7. The summed E-state index contributed by atoms with van der Waals surface area (Å²) in [6.45, 7) is 7.49. The first kappa shape index (κ1) is 24.8. The highest BCUT2D eigenvalue weighted by atomic mass is 16.5. The van der Waals surface area contributed by atoms with Crippen LogP contribution in [0.5, 0.6) is 17.2 Å². The van der Waals surface area contributed by atoms with E-state index in [2.05, 4.69) is 13.8 Å². The quantitative estimate of drug-likeness (QED) is 0.342. The molecule has 0 spiro atoms. The molecule has 0 aromatic heterocycles. The van der Waals surface area contributed by atoms with Crippen LogP contribution in [-0.4, -0.2) is 57.8 Å². The smallest absolute Gasteiger partial charge is 0.322 e. The first-order valence-corrected chi connectivity index (χ1v) is 11.2. The second-order valence-corrected chi connectivity index (χ2v) is 7.91. The lowest BCUT2D eigenvalue weighted by Crippen LogP contribution is -2.43. The van der Waals surface area contributed by atoms with Crippen LogP contribution in [0.2, 0.25) is 0 Å². The van der Waals surface area contributed by atoms with Crippen LogP contribution in [0.25, 0.3) is 0 Å². The molecule has 0 radical (unpaired) electrons. The van der Waals surface area contributed by atoms with Gasteiger partial charge in [-0.15, -0.1) is 0 Å². The van der Waals surface area contributed by atoms with Gasteiger partial charge in [-0.2, -0.15) is 0 Å². The molecule has 1 fully saturated rings. The summed E-state index contributed by atoms with van der Waals surface area (Å²) in [4.78, 5) is 28.6. The minimum Gasteiger partial charge on any atom is -0.493 e. The van der Waals surface area contributed by atoms with Crippen molar-refractivity contribution in [3.05, 3.63) is 17.7 Å². The summed E-state index contributed by atoms with van der Waals surface area (Å²) in [5.41, 5.74) is -0.385. The molecule has 1 aromatic carbocycles. The predicted molar refractivity (Wildman–Crippen MR) is 119 cm³/mol. The molecule has 1 amide bonds. The summed E-state index contributed by atoms with van der Waals surface area (Å²) in [7, 11) is 4.65. The van der Waals surface area contributed by atoms with E-state index in [1.54, 1.807) is 28.3 Å². The topological polar surface area (TPSA) is 74.3 Å². The zero-order valence-electron chi connectivity index (χ0n) is 19.8. The van der Waals surface area contributed by atoms with Crippen molar-refractivity contribution in [2.75, 3.05) is 41.0 Å². The van der Waals surface area contributed by atoms with Crippen LogP contribution < -0.4 is 14.2 Å². The largest absolute Gasteiger partial charge is 0.493 e. The number of rotatable bonds is 13. The number of carbonyl (C=O) groups is 2. The van der Waals surface area contributed by atoms with Gasteiger partial charge in [0.15, 0.2) is 16.9 Å². The third-order valence-electron chi connectivity index (χ3n) is 5.92. The van der Waals surface area contributed by atoms with Crippen LogP contribution in [0.15, 0.2) is 12.1 Å². The average Bonchev–Trinajstić information content (AvgIpc) is 3.55. The number of nitrogens with zero attached hydrogens (tertiary/aromatic N) is 1. The minimum atomic E-state index is -1.19. The maximum absolute atomic E-state index is 13.7. The van der Waals surface area contributed by atoms with Gasteiger partial charge in [-0.1, -0.05) is 26.7 Å². The van der Waals surface area contributed by atoms with E-state index in [9.17, 15) is 9.59 Å². The van der Waals surface area contributed by atoms with E-state index in [-0.39, 0.29) is 18.4 Å². The zero-order chi connectivity index (χ0) is 23.0. The number of unbranched alkanes of at least 4 members (excludes halogenated alkanes) is 2. The Bertz CT molecular complexity index is 731. The van der Waals surface area contributed by atoms with Crippen LogP contribution >= 0.6 is 0 Å². The molecular formula is C24H37NO6. The highest BCUT2D eigenvalue weighted by molar-refractivity contribution is 6.07.